The Morgan fingerprint density at radius 2 is 2.05 bits per heavy atom. The van der Waals surface area contributed by atoms with Crippen LogP contribution in [0.3, 0.4) is 0 Å². The highest BCUT2D eigenvalue weighted by Gasteiger charge is 2.48. The van der Waals surface area contributed by atoms with E-state index in [9.17, 15) is 5.11 Å². The summed E-state index contributed by atoms with van der Waals surface area (Å²) in [5, 5.41) is 12.4. The average Bonchev–Trinajstić information content (AvgIpc) is 2.41. The molecule has 0 aromatic heterocycles. The number of rotatable bonds is 1. The fourth-order valence-electron chi connectivity index (χ4n) is 4.02. The van der Waals surface area contributed by atoms with E-state index in [0.717, 1.165) is 37.8 Å². The minimum Gasteiger partial charge on any atom is -0.389 e. The second-order valence-corrected chi connectivity index (χ2v) is 7.14. The van der Waals surface area contributed by atoms with Gasteiger partial charge >= 0.3 is 0 Å². The van der Waals surface area contributed by atoms with Crippen LogP contribution in [0.15, 0.2) is 18.2 Å². The topological polar surface area (TPSA) is 23.5 Å². The van der Waals surface area contributed by atoms with Crippen LogP contribution in [-0.4, -0.2) is 29.2 Å². The molecule has 0 amide bonds. The van der Waals surface area contributed by atoms with Gasteiger partial charge in [0, 0.05) is 28.5 Å². The van der Waals surface area contributed by atoms with Gasteiger partial charge in [0.15, 0.2) is 0 Å². The van der Waals surface area contributed by atoms with Crippen molar-refractivity contribution in [3.05, 3.63) is 33.8 Å². The van der Waals surface area contributed by atoms with Crippen molar-refractivity contribution in [3.8, 4) is 0 Å². The van der Waals surface area contributed by atoms with Crippen molar-refractivity contribution in [1.29, 1.82) is 0 Å². The van der Waals surface area contributed by atoms with Gasteiger partial charge in [-0.25, -0.2) is 0 Å². The van der Waals surface area contributed by atoms with E-state index in [1.807, 2.05) is 18.2 Å². The van der Waals surface area contributed by atoms with E-state index in [2.05, 4.69) is 11.9 Å². The highest BCUT2D eigenvalue weighted by atomic mass is 35.5. The third-order valence-electron chi connectivity index (χ3n) is 5.10. The number of halogens is 2. The summed E-state index contributed by atoms with van der Waals surface area (Å²) in [5.41, 5.74) is 0.585. The molecule has 4 heteroatoms. The van der Waals surface area contributed by atoms with E-state index in [4.69, 9.17) is 23.2 Å². The van der Waals surface area contributed by atoms with Crippen molar-refractivity contribution in [2.24, 2.45) is 5.92 Å². The Morgan fingerprint density at radius 1 is 1.25 bits per heavy atom. The molecular weight excluding hydrogens is 293 g/mol. The minimum atomic E-state index is -0.515. The Hall–Kier alpha value is -0.280. The molecule has 1 N–H and O–H groups in total. The lowest BCUT2D eigenvalue weighted by Crippen LogP contribution is -2.53. The molecule has 2 fully saturated rings. The van der Waals surface area contributed by atoms with Crippen molar-refractivity contribution < 1.29 is 5.11 Å². The molecule has 0 radical (unpaired) electrons. The lowest BCUT2D eigenvalue weighted by molar-refractivity contribution is -0.118. The first-order chi connectivity index (χ1) is 9.51. The summed E-state index contributed by atoms with van der Waals surface area (Å²) in [4.78, 5) is 2.33. The zero-order chi connectivity index (χ0) is 14.3. The molecule has 20 heavy (non-hydrogen) atoms. The second-order valence-electron chi connectivity index (χ2n) is 6.30. The van der Waals surface area contributed by atoms with Crippen molar-refractivity contribution in [2.45, 2.75) is 43.7 Å². The SMILES string of the molecule is CN1CC[C@@]2(O)CCCC[C@@H]2[C@@H]1c1ccc(Cl)cc1Cl. The summed E-state index contributed by atoms with van der Waals surface area (Å²) in [7, 11) is 2.13. The van der Waals surface area contributed by atoms with Gasteiger partial charge in [-0.3, -0.25) is 4.90 Å². The second kappa shape index (κ2) is 5.49. The van der Waals surface area contributed by atoms with Crippen LogP contribution in [0.1, 0.15) is 43.7 Å². The van der Waals surface area contributed by atoms with Gasteiger partial charge in [0.1, 0.15) is 0 Å². The lowest BCUT2D eigenvalue weighted by Gasteiger charge is -2.52. The van der Waals surface area contributed by atoms with Crippen LogP contribution in [0.4, 0.5) is 0 Å². The summed E-state index contributed by atoms with van der Waals surface area (Å²) in [5.74, 6) is 0.272. The molecule has 1 heterocycles. The summed E-state index contributed by atoms with van der Waals surface area (Å²) in [6.45, 7) is 0.913. The molecule has 3 atom stereocenters. The number of aliphatic hydroxyl groups is 1. The molecule has 2 nitrogen and oxygen atoms in total. The number of fused-ring (bicyclic) bond motifs is 1. The fraction of sp³-hybridized carbons (Fsp3) is 0.625. The smallest absolute Gasteiger partial charge is 0.0706 e. The maximum absolute atomic E-state index is 11.0. The molecule has 1 aliphatic carbocycles. The number of likely N-dealkylation sites (tertiary alicyclic amines) is 1. The van der Waals surface area contributed by atoms with Crippen LogP contribution in [0.5, 0.6) is 0 Å². The van der Waals surface area contributed by atoms with E-state index >= 15 is 0 Å². The third kappa shape index (κ3) is 2.48. The third-order valence-corrected chi connectivity index (χ3v) is 5.66. The van der Waals surface area contributed by atoms with Gasteiger partial charge in [0.25, 0.3) is 0 Å². The predicted molar refractivity (Wildman–Crippen MR) is 83.4 cm³/mol. The predicted octanol–water partition coefficient (Wildman–Crippen LogP) is 4.29. The molecule has 1 saturated heterocycles. The first kappa shape index (κ1) is 14.6. The lowest BCUT2D eigenvalue weighted by atomic mass is 9.66. The van der Waals surface area contributed by atoms with E-state index in [0.29, 0.717) is 10.0 Å². The quantitative estimate of drug-likeness (QED) is 0.836. The van der Waals surface area contributed by atoms with Crippen molar-refractivity contribution in [1.82, 2.24) is 4.90 Å². The molecule has 1 aliphatic heterocycles. The van der Waals surface area contributed by atoms with Gasteiger partial charge in [-0.1, -0.05) is 42.1 Å². The first-order valence-electron chi connectivity index (χ1n) is 7.39. The Labute approximate surface area is 130 Å². The van der Waals surface area contributed by atoms with Crippen molar-refractivity contribution >= 4 is 23.2 Å². The number of nitrogens with zero attached hydrogens (tertiary/aromatic N) is 1. The van der Waals surface area contributed by atoms with Gasteiger partial charge in [0.2, 0.25) is 0 Å². The van der Waals surface area contributed by atoms with Crippen molar-refractivity contribution in [3.63, 3.8) is 0 Å². The van der Waals surface area contributed by atoms with Gasteiger partial charge in [-0.15, -0.1) is 0 Å². The van der Waals surface area contributed by atoms with E-state index in [1.165, 1.54) is 6.42 Å². The average molecular weight is 314 g/mol. The van der Waals surface area contributed by atoms with Crippen LogP contribution in [0.25, 0.3) is 0 Å². The Balaban J connectivity index is 2.00. The summed E-state index contributed by atoms with van der Waals surface area (Å²) < 4.78 is 0. The standard InChI is InChI=1S/C16H21Cl2NO/c1-19-9-8-16(20)7-3-2-4-13(16)15(19)12-6-5-11(17)10-14(12)18/h5-6,10,13,15,20H,2-4,7-9H2,1H3/t13-,15+,16+/m1/s1. The number of piperidine rings is 1. The largest absolute Gasteiger partial charge is 0.389 e. The zero-order valence-corrected chi connectivity index (χ0v) is 13.3. The van der Waals surface area contributed by atoms with Crippen LogP contribution in [-0.2, 0) is 0 Å². The minimum absolute atomic E-state index is 0.193. The number of hydrogen-bond acceptors (Lipinski definition) is 2. The monoisotopic (exact) mass is 313 g/mol. The van der Waals surface area contributed by atoms with E-state index < -0.39 is 5.60 Å². The fourth-order valence-corrected chi connectivity index (χ4v) is 4.54. The maximum Gasteiger partial charge on any atom is 0.0706 e. The number of hydrogen-bond donors (Lipinski definition) is 1. The van der Waals surface area contributed by atoms with Gasteiger partial charge in [0.05, 0.1) is 5.60 Å². The highest BCUT2D eigenvalue weighted by molar-refractivity contribution is 6.35. The van der Waals surface area contributed by atoms with Crippen molar-refractivity contribution in [2.75, 3.05) is 13.6 Å². The van der Waals surface area contributed by atoms with E-state index in [1.54, 1.807) is 0 Å². The van der Waals surface area contributed by atoms with Gasteiger partial charge in [-0.05, 0) is 44.0 Å². The summed E-state index contributed by atoms with van der Waals surface area (Å²) >= 11 is 12.4. The molecule has 2 aliphatic rings. The molecule has 1 saturated carbocycles. The van der Waals surface area contributed by atoms with Gasteiger partial charge in [-0.2, -0.15) is 0 Å². The molecular formula is C16H21Cl2NO. The highest BCUT2D eigenvalue weighted by Crippen LogP contribution is 2.49. The molecule has 0 unspecified atom stereocenters. The zero-order valence-electron chi connectivity index (χ0n) is 11.8. The van der Waals surface area contributed by atoms with Gasteiger partial charge < -0.3 is 5.11 Å². The molecule has 0 spiro atoms. The molecule has 1 aromatic carbocycles. The maximum atomic E-state index is 11.0. The Kier molecular flexibility index (Phi) is 4.02. The Bertz CT molecular complexity index is 507. The number of benzene rings is 1. The normalized spacial score (nSPS) is 34.8. The first-order valence-corrected chi connectivity index (χ1v) is 8.14. The molecule has 3 rings (SSSR count). The molecule has 0 bridgehead atoms. The van der Waals surface area contributed by atoms with Crippen LogP contribution >= 0.6 is 23.2 Å². The Morgan fingerprint density at radius 3 is 2.80 bits per heavy atom. The van der Waals surface area contributed by atoms with E-state index in [-0.39, 0.29) is 12.0 Å². The summed E-state index contributed by atoms with van der Waals surface area (Å²) in [6, 6.07) is 5.92. The summed E-state index contributed by atoms with van der Waals surface area (Å²) in [6.07, 6.45) is 5.20. The molecule has 1 aromatic rings. The van der Waals surface area contributed by atoms with Crippen LogP contribution in [0.2, 0.25) is 10.0 Å². The van der Waals surface area contributed by atoms with Crippen LogP contribution in [0, 0.1) is 5.92 Å². The van der Waals surface area contributed by atoms with Crippen LogP contribution < -0.4 is 0 Å². The molecule has 110 valence electrons.